The van der Waals surface area contributed by atoms with Crippen LogP contribution >= 0.6 is 23.9 Å². The predicted octanol–water partition coefficient (Wildman–Crippen LogP) is 0.757. The Labute approximate surface area is 78.3 Å². The molecule has 0 aromatic rings. The number of carbonyl (C=O) groups excluding carboxylic acids is 3. The average molecular weight is 208 g/mol. The van der Waals surface area contributed by atoms with E-state index < -0.39 is 6.03 Å². The standard InChI is InChI=1S/C5H8N2O3S2/c1-3(8)11-7(5(6)10)12-4(2)9/h1-2H3,(H2,6,10). The fraction of sp³-hybridized carbons (Fsp3) is 0.400. The van der Waals surface area contributed by atoms with Crippen LogP contribution in [0.25, 0.3) is 0 Å². The molecule has 0 heterocycles. The Morgan fingerprint density at radius 3 is 1.58 bits per heavy atom. The van der Waals surface area contributed by atoms with Gasteiger partial charge in [-0.1, -0.05) is 0 Å². The van der Waals surface area contributed by atoms with Crippen molar-refractivity contribution in [2.45, 2.75) is 13.8 Å². The third-order valence-corrected chi connectivity index (χ3v) is 2.26. The minimum Gasteiger partial charge on any atom is -0.350 e. The zero-order valence-electron chi connectivity index (χ0n) is 6.57. The van der Waals surface area contributed by atoms with E-state index in [0.29, 0.717) is 23.9 Å². The van der Waals surface area contributed by atoms with Crippen LogP contribution in [-0.2, 0) is 9.59 Å². The van der Waals surface area contributed by atoms with E-state index in [1.165, 1.54) is 13.8 Å². The van der Waals surface area contributed by atoms with Crippen LogP contribution in [0, 0.1) is 0 Å². The molecule has 0 unspecified atom stereocenters. The van der Waals surface area contributed by atoms with Crippen LogP contribution in [0.2, 0.25) is 0 Å². The molecule has 12 heavy (non-hydrogen) atoms. The summed E-state index contributed by atoms with van der Waals surface area (Å²) >= 11 is 1.20. The van der Waals surface area contributed by atoms with Crippen LogP contribution in [-0.4, -0.2) is 20.0 Å². The van der Waals surface area contributed by atoms with E-state index in [2.05, 4.69) is 0 Å². The SMILES string of the molecule is CC(=O)SN(SC(C)=O)C(N)=O. The fourth-order valence-electron chi connectivity index (χ4n) is 0.342. The van der Waals surface area contributed by atoms with Crippen molar-refractivity contribution in [2.24, 2.45) is 5.73 Å². The highest BCUT2D eigenvalue weighted by molar-refractivity contribution is 8.25. The maximum Gasteiger partial charge on any atom is 0.335 e. The second-order valence-corrected chi connectivity index (χ2v) is 4.24. The van der Waals surface area contributed by atoms with Gasteiger partial charge in [-0.2, -0.15) is 3.71 Å². The number of carbonyl (C=O) groups is 3. The third kappa shape index (κ3) is 5.03. The normalized spacial score (nSPS) is 9.17. The van der Waals surface area contributed by atoms with Gasteiger partial charge in [0.05, 0.1) is 0 Å². The number of hydrogen-bond acceptors (Lipinski definition) is 5. The molecule has 7 heteroatoms. The summed E-state index contributed by atoms with van der Waals surface area (Å²) in [6.07, 6.45) is 0. The molecule has 0 radical (unpaired) electrons. The van der Waals surface area contributed by atoms with Crippen molar-refractivity contribution >= 4 is 40.2 Å². The van der Waals surface area contributed by atoms with Crippen molar-refractivity contribution in [1.29, 1.82) is 0 Å². The number of rotatable bonds is 0. The summed E-state index contributed by atoms with van der Waals surface area (Å²) in [5.74, 6) is 0. The Hall–Kier alpha value is -0.690. The number of hydrogen-bond donors (Lipinski definition) is 1. The maximum absolute atomic E-state index is 10.6. The molecule has 68 valence electrons. The van der Waals surface area contributed by atoms with Crippen molar-refractivity contribution in [3.05, 3.63) is 0 Å². The number of nitrogens with two attached hydrogens (primary N) is 1. The minimum atomic E-state index is -0.824. The molecule has 0 aliphatic heterocycles. The van der Waals surface area contributed by atoms with Gasteiger partial charge in [-0.3, -0.25) is 9.59 Å². The van der Waals surface area contributed by atoms with E-state index in [-0.39, 0.29) is 10.2 Å². The highest BCUT2D eigenvalue weighted by Gasteiger charge is 2.16. The predicted molar refractivity (Wildman–Crippen MR) is 48.0 cm³/mol. The summed E-state index contributed by atoms with van der Waals surface area (Å²) in [5, 5.41) is -0.606. The maximum atomic E-state index is 10.6. The Bertz CT molecular complexity index is 203. The van der Waals surface area contributed by atoms with Crippen LogP contribution in [0.4, 0.5) is 4.79 Å². The smallest absolute Gasteiger partial charge is 0.335 e. The lowest BCUT2D eigenvalue weighted by atomic mass is 10.9. The number of nitrogens with zero attached hydrogens (tertiary/aromatic N) is 1. The number of urea groups is 1. The van der Waals surface area contributed by atoms with Crippen molar-refractivity contribution in [3.8, 4) is 0 Å². The second kappa shape index (κ2) is 5.04. The second-order valence-electron chi connectivity index (χ2n) is 1.76. The van der Waals surface area contributed by atoms with Gasteiger partial charge in [0.2, 0.25) is 10.2 Å². The molecule has 0 fully saturated rings. The van der Waals surface area contributed by atoms with Crippen LogP contribution in [0.3, 0.4) is 0 Å². The van der Waals surface area contributed by atoms with E-state index in [1.54, 1.807) is 0 Å². The lowest BCUT2D eigenvalue weighted by Gasteiger charge is -2.12. The quantitative estimate of drug-likeness (QED) is 0.594. The molecule has 0 bridgehead atoms. The van der Waals surface area contributed by atoms with Gasteiger partial charge in [0.1, 0.15) is 0 Å². The molecule has 0 spiro atoms. The number of amides is 2. The first-order valence-corrected chi connectivity index (χ1v) is 4.44. The summed E-state index contributed by atoms with van der Waals surface area (Å²) in [7, 11) is 0. The average Bonchev–Trinajstić information content (AvgIpc) is 1.83. The molecular formula is C5H8N2O3S2. The van der Waals surface area contributed by atoms with Crippen LogP contribution in [0.1, 0.15) is 13.8 Å². The topological polar surface area (TPSA) is 80.5 Å². The molecule has 0 saturated heterocycles. The number of primary amides is 1. The van der Waals surface area contributed by atoms with E-state index in [4.69, 9.17) is 5.73 Å². The third-order valence-electron chi connectivity index (χ3n) is 0.603. The highest BCUT2D eigenvalue weighted by atomic mass is 32.2. The lowest BCUT2D eigenvalue weighted by molar-refractivity contribution is -0.109. The molecular weight excluding hydrogens is 200 g/mol. The van der Waals surface area contributed by atoms with Gasteiger partial charge in [0.15, 0.2) is 0 Å². The van der Waals surface area contributed by atoms with Gasteiger partial charge < -0.3 is 5.73 Å². The highest BCUT2D eigenvalue weighted by Crippen LogP contribution is 2.21. The van der Waals surface area contributed by atoms with Gasteiger partial charge in [-0.05, 0) is 0 Å². The molecule has 0 aliphatic carbocycles. The molecule has 2 N–H and O–H groups in total. The summed E-state index contributed by atoms with van der Waals surface area (Å²) in [4.78, 5) is 31.6. The van der Waals surface area contributed by atoms with Gasteiger partial charge in [-0.25, -0.2) is 4.79 Å². The molecule has 0 aliphatic rings. The van der Waals surface area contributed by atoms with Gasteiger partial charge in [0, 0.05) is 37.7 Å². The first-order chi connectivity index (χ1) is 5.43. The summed E-state index contributed by atoms with van der Waals surface area (Å²) in [6, 6.07) is -0.824. The van der Waals surface area contributed by atoms with E-state index in [1.807, 2.05) is 0 Å². The molecule has 5 nitrogen and oxygen atoms in total. The summed E-state index contributed by atoms with van der Waals surface area (Å²) in [6.45, 7) is 2.56. The molecule has 0 aromatic carbocycles. The minimum absolute atomic E-state index is 0.303. The summed E-state index contributed by atoms with van der Waals surface area (Å²) < 4.78 is 0.838. The van der Waals surface area contributed by atoms with Gasteiger partial charge >= 0.3 is 6.03 Å². The molecule has 0 rings (SSSR count). The fourth-order valence-corrected chi connectivity index (χ4v) is 1.77. The van der Waals surface area contributed by atoms with Crippen molar-refractivity contribution in [2.75, 3.05) is 0 Å². The molecule has 2 amide bonds. The van der Waals surface area contributed by atoms with E-state index in [0.717, 1.165) is 3.71 Å². The Morgan fingerprint density at radius 1 is 1.08 bits per heavy atom. The molecule has 0 aromatic heterocycles. The van der Waals surface area contributed by atoms with Gasteiger partial charge in [-0.15, -0.1) is 0 Å². The zero-order chi connectivity index (χ0) is 9.72. The summed E-state index contributed by atoms with van der Waals surface area (Å²) in [5.41, 5.74) is 4.87. The monoisotopic (exact) mass is 208 g/mol. The Balaban J connectivity index is 4.14. The first-order valence-electron chi connectivity index (χ1n) is 2.90. The molecule has 0 saturated carbocycles. The Morgan fingerprint density at radius 2 is 1.42 bits per heavy atom. The Kier molecular flexibility index (Phi) is 4.75. The van der Waals surface area contributed by atoms with E-state index >= 15 is 0 Å². The molecule has 0 atom stereocenters. The van der Waals surface area contributed by atoms with Crippen molar-refractivity contribution in [3.63, 3.8) is 0 Å². The van der Waals surface area contributed by atoms with Gasteiger partial charge in [0.25, 0.3) is 0 Å². The zero-order valence-corrected chi connectivity index (χ0v) is 8.20. The van der Waals surface area contributed by atoms with Crippen LogP contribution in [0.15, 0.2) is 0 Å². The largest absolute Gasteiger partial charge is 0.350 e. The van der Waals surface area contributed by atoms with E-state index in [9.17, 15) is 14.4 Å². The lowest BCUT2D eigenvalue weighted by Crippen LogP contribution is -2.26. The van der Waals surface area contributed by atoms with Crippen molar-refractivity contribution < 1.29 is 14.4 Å². The van der Waals surface area contributed by atoms with Crippen LogP contribution in [0.5, 0.6) is 0 Å². The van der Waals surface area contributed by atoms with Crippen LogP contribution < -0.4 is 5.73 Å². The van der Waals surface area contributed by atoms with Crippen molar-refractivity contribution in [1.82, 2.24) is 3.71 Å². The first kappa shape index (κ1) is 11.3.